The number of nitrogens with zero attached hydrogens (tertiary/aromatic N) is 3. The largest absolute Gasteiger partial charge is 0.299 e. The van der Waals surface area contributed by atoms with E-state index in [0.29, 0.717) is 11.8 Å². The van der Waals surface area contributed by atoms with Crippen LogP contribution in [0, 0.1) is 0 Å². The van der Waals surface area contributed by atoms with Gasteiger partial charge in [-0.3, -0.25) is 9.55 Å². The lowest BCUT2D eigenvalue weighted by Gasteiger charge is -2.21. The van der Waals surface area contributed by atoms with E-state index in [2.05, 4.69) is 102 Å². The quantitative estimate of drug-likeness (QED) is 0.264. The summed E-state index contributed by atoms with van der Waals surface area (Å²) in [5.74, 6) is 1.77. The summed E-state index contributed by atoms with van der Waals surface area (Å²) in [6, 6.07) is 15.5. The number of benzene rings is 2. The Morgan fingerprint density at radius 3 is 2.26 bits per heavy atom. The molecule has 0 fully saturated rings. The van der Waals surface area contributed by atoms with Crippen molar-refractivity contribution >= 4 is 31.5 Å². The van der Waals surface area contributed by atoms with E-state index in [4.69, 9.17) is 9.97 Å². The Bertz CT molecular complexity index is 1480. The van der Waals surface area contributed by atoms with E-state index < -0.39 is 0 Å². The Labute approximate surface area is 206 Å². The smallest absolute Gasteiger partial charge is 0.146 e. The topological polar surface area (TPSA) is 30.7 Å². The van der Waals surface area contributed by atoms with Gasteiger partial charge in [-0.1, -0.05) is 72.7 Å². The first-order valence-corrected chi connectivity index (χ1v) is 13.0. The van der Waals surface area contributed by atoms with E-state index in [0.717, 1.165) is 17.1 Å². The Hall–Kier alpha value is -2.98. The van der Waals surface area contributed by atoms with Gasteiger partial charge in [-0.15, -0.1) is 11.3 Å². The summed E-state index contributed by atoms with van der Waals surface area (Å²) in [7, 11) is 0. The number of aromatic nitrogens is 3. The molecule has 0 aliphatic carbocycles. The molecule has 34 heavy (non-hydrogen) atoms. The van der Waals surface area contributed by atoms with Crippen molar-refractivity contribution in [2.75, 3.05) is 0 Å². The van der Waals surface area contributed by atoms with E-state index >= 15 is 0 Å². The summed E-state index contributed by atoms with van der Waals surface area (Å²) in [6.07, 6.45) is 5.99. The SMILES string of the molecule is CC(C)c1cc(C(C)C)c2sc3ccccc3c2c1-n1ccnc1-c1ccc(C(C)(C)C)nc1. The molecule has 2 aromatic carbocycles. The Kier molecular flexibility index (Phi) is 5.60. The maximum absolute atomic E-state index is 4.81. The second-order valence-electron chi connectivity index (χ2n) is 10.8. The average molecular weight is 468 g/mol. The molecule has 0 amide bonds. The van der Waals surface area contributed by atoms with Crippen LogP contribution < -0.4 is 0 Å². The van der Waals surface area contributed by atoms with Gasteiger partial charge >= 0.3 is 0 Å². The first kappa shape index (κ1) is 22.8. The van der Waals surface area contributed by atoms with Crippen molar-refractivity contribution in [3.05, 3.63) is 77.9 Å². The first-order chi connectivity index (χ1) is 16.2. The number of rotatable bonds is 4. The van der Waals surface area contributed by atoms with E-state index in [1.54, 1.807) is 0 Å². The van der Waals surface area contributed by atoms with Crippen LogP contribution in [0.1, 0.15) is 77.1 Å². The summed E-state index contributed by atoms with van der Waals surface area (Å²) in [4.78, 5) is 9.60. The van der Waals surface area contributed by atoms with Crippen LogP contribution >= 0.6 is 11.3 Å². The highest BCUT2D eigenvalue weighted by Gasteiger charge is 2.23. The molecular weight excluding hydrogens is 434 g/mol. The van der Waals surface area contributed by atoms with Gasteiger partial charge in [0.25, 0.3) is 0 Å². The molecule has 174 valence electrons. The lowest BCUT2D eigenvalue weighted by molar-refractivity contribution is 0.569. The van der Waals surface area contributed by atoms with Crippen LogP contribution in [-0.4, -0.2) is 14.5 Å². The number of pyridine rings is 1. The normalized spacial score (nSPS) is 12.5. The Morgan fingerprint density at radius 1 is 0.882 bits per heavy atom. The van der Waals surface area contributed by atoms with Gasteiger partial charge < -0.3 is 0 Å². The van der Waals surface area contributed by atoms with Crippen molar-refractivity contribution in [1.82, 2.24) is 14.5 Å². The Balaban J connectivity index is 1.83. The van der Waals surface area contributed by atoms with Crippen LogP contribution in [0.3, 0.4) is 0 Å². The fourth-order valence-electron chi connectivity index (χ4n) is 4.73. The molecule has 0 spiro atoms. The second kappa shape index (κ2) is 8.35. The standard InChI is InChI=1S/C30H33N3S/c1-18(2)22-16-23(19(3)4)28-26(21-10-8-9-11-24(21)34-28)27(22)33-15-14-31-29(33)20-12-13-25(32-17-20)30(5,6)7/h8-19H,1-7H3. The second-order valence-corrected chi connectivity index (χ2v) is 11.9. The van der Waals surface area contributed by atoms with Gasteiger partial charge in [0.05, 0.1) is 5.69 Å². The molecule has 3 aromatic heterocycles. The average Bonchev–Trinajstić information content (AvgIpc) is 3.42. The van der Waals surface area contributed by atoms with Gasteiger partial charge in [0.1, 0.15) is 5.82 Å². The summed E-state index contributed by atoms with van der Waals surface area (Å²) in [5.41, 5.74) is 6.19. The van der Waals surface area contributed by atoms with Crippen LogP contribution in [0.15, 0.2) is 61.1 Å². The van der Waals surface area contributed by atoms with E-state index in [1.165, 1.54) is 37.0 Å². The monoisotopic (exact) mass is 467 g/mol. The molecule has 0 aliphatic heterocycles. The molecule has 0 aliphatic rings. The van der Waals surface area contributed by atoms with Gasteiger partial charge in [-0.05, 0) is 41.2 Å². The van der Waals surface area contributed by atoms with E-state index in [-0.39, 0.29) is 5.41 Å². The summed E-state index contributed by atoms with van der Waals surface area (Å²) in [5, 5.41) is 2.66. The summed E-state index contributed by atoms with van der Waals surface area (Å²) < 4.78 is 5.00. The van der Waals surface area contributed by atoms with Gasteiger partial charge in [0.15, 0.2) is 0 Å². The van der Waals surface area contributed by atoms with Crippen LogP contribution in [0.4, 0.5) is 0 Å². The van der Waals surface area contributed by atoms with Crippen LogP contribution in [0.5, 0.6) is 0 Å². The van der Waals surface area contributed by atoms with Crippen molar-refractivity contribution in [2.24, 2.45) is 0 Å². The molecule has 0 saturated carbocycles. The van der Waals surface area contributed by atoms with Crippen molar-refractivity contribution in [2.45, 2.75) is 65.7 Å². The fraction of sp³-hybridized carbons (Fsp3) is 0.333. The minimum atomic E-state index is 0.0210. The minimum absolute atomic E-state index is 0.0210. The third kappa shape index (κ3) is 3.74. The van der Waals surface area contributed by atoms with E-state index in [9.17, 15) is 0 Å². The molecular formula is C30H33N3S. The van der Waals surface area contributed by atoms with Crippen molar-refractivity contribution in [3.8, 4) is 17.1 Å². The lowest BCUT2D eigenvalue weighted by atomic mass is 9.90. The Morgan fingerprint density at radius 2 is 1.62 bits per heavy atom. The zero-order chi connectivity index (χ0) is 24.2. The molecule has 0 saturated heterocycles. The maximum atomic E-state index is 4.81. The molecule has 3 heterocycles. The van der Waals surface area contributed by atoms with Crippen molar-refractivity contribution < 1.29 is 0 Å². The molecule has 0 N–H and O–H groups in total. The predicted molar refractivity (Wildman–Crippen MR) is 147 cm³/mol. The van der Waals surface area contributed by atoms with Crippen LogP contribution in [0.25, 0.3) is 37.2 Å². The molecule has 5 rings (SSSR count). The molecule has 0 unspecified atom stereocenters. The zero-order valence-corrected chi connectivity index (χ0v) is 22.0. The van der Waals surface area contributed by atoms with Crippen molar-refractivity contribution in [3.63, 3.8) is 0 Å². The summed E-state index contributed by atoms with van der Waals surface area (Å²) in [6.45, 7) is 15.8. The van der Waals surface area contributed by atoms with Gasteiger partial charge in [0, 0.05) is 55.4 Å². The highest BCUT2D eigenvalue weighted by molar-refractivity contribution is 7.26. The minimum Gasteiger partial charge on any atom is -0.299 e. The van der Waals surface area contributed by atoms with E-state index in [1.807, 2.05) is 23.7 Å². The number of imidazole rings is 1. The molecule has 5 aromatic rings. The van der Waals surface area contributed by atoms with Crippen LogP contribution in [0.2, 0.25) is 0 Å². The summed E-state index contributed by atoms with van der Waals surface area (Å²) >= 11 is 1.91. The van der Waals surface area contributed by atoms with Crippen molar-refractivity contribution in [1.29, 1.82) is 0 Å². The lowest BCUT2D eigenvalue weighted by Crippen LogP contribution is -2.13. The molecule has 0 radical (unpaired) electrons. The highest BCUT2D eigenvalue weighted by Crippen LogP contribution is 2.45. The molecule has 0 bridgehead atoms. The molecule has 4 heteroatoms. The third-order valence-electron chi connectivity index (χ3n) is 6.59. The number of fused-ring (bicyclic) bond motifs is 3. The predicted octanol–water partition coefficient (Wildman–Crippen LogP) is 8.85. The zero-order valence-electron chi connectivity index (χ0n) is 21.2. The first-order valence-electron chi connectivity index (χ1n) is 12.2. The highest BCUT2D eigenvalue weighted by atomic mass is 32.1. The third-order valence-corrected chi connectivity index (χ3v) is 7.81. The van der Waals surface area contributed by atoms with Gasteiger partial charge in [0.2, 0.25) is 0 Å². The van der Waals surface area contributed by atoms with Gasteiger partial charge in [-0.2, -0.15) is 0 Å². The maximum Gasteiger partial charge on any atom is 0.146 e. The van der Waals surface area contributed by atoms with Gasteiger partial charge in [-0.25, -0.2) is 4.98 Å². The molecule has 3 nitrogen and oxygen atoms in total. The fourth-order valence-corrected chi connectivity index (χ4v) is 6.09. The van der Waals surface area contributed by atoms with Crippen LogP contribution in [-0.2, 0) is 5.41 Å². The molecule has 0 atom stereocenters. The number of thiophene rings is 1. The number of hydrogen-bond donors (Lipinski definition) is 0. The number of hydrogen-bond acceptors (Lipinski definition) is 3.